The maximum Gasteiger partial charge on any atom is 0.307 e. The number of carbonyl (C=O) groups excluding carboxylic acids is 3. The fourth-order valence-corrected chi connectivity index (χ4v) is 3.95. The molecule has 1 heterocycles. The predicted octanol–water partition coefficient (Wildman–Crippen LogP) is 3.08. The van der Waals surface area contributed by atoms with Crippen LogP contribution < -0.4 is 5.32 Å². The largest absolute Gasteiger partial charge is 0.456 e. The molecule has 0 saturated heterocycles. The van der Waals surface area contributed by atoms with E-state index >= 15 is 0 Å². The molecule has 0 fully saturated rings. The second-order valence-corrected chi connectivity index (χ2v) is 7.59. The Hall–Kier alpha value is -2.80. The van der Waals surface area contributed by atoms with Gasteiger partial charge in [0.25, 0.3) is 5.91 Å². The van der Waals surface area contributed by atoms with Gasteiger partial charge >= 0.3 is 5.97 Å². The van der Waals surface area contributed by atoms with Crippen LogP contribution in [-0.4, -0.2) is 41.1 Å². The number of benzene rings is 2. The van der Waals surface area contributed by atoms with Crippen molar-refractivity contribution in [2.24, 2.45) is 0 Å². The lowest BCUT2D eigenvalue weighted by molar-refractivity contribution is -0.152. The fourth-order valence-electron chi connectivity index (χ4n) is 2.85. The zero-order valence-corrected chi connectivity index (χ0v) is 16.4. The van der Waals surface area contributed by atoms with Gasteiger partial charge in [0.15, 0.2) is 6.61 Å². The molecule has 0 aliphatic carbocycles. The van der Waals surface area contributed by atoms with Crippen molar-refractivity contribution in [3.8, 4) is 0 Å². The number of hydrogen-bond acceptors (Lipinski definition) is 5. The molecule has 146 valence electrons. The topological polar surface area (TPSA) is 75.7 Å². The average Bonchev–Trinajstić information content (AvgIpc) is 2.71. The first kappa shape index (κ1) is 19.9. The monoisotopic (exact) mass is 398 g/mol. The van der Waals surface area contributed by atoms with E-state index in [4.69, 9.17) is 4.74 Å². The number of nitrogens with zero attached hydrogens (tertiary/aromatic N) is 1. The standard InChI is InChI=1S/C21H22N2O4S/c1-2-23(13-15-8-4-3-5-9-15)19(24)14-27-20(25)12-18-21(26)22-16-10-6-7-11-17(16)28-18/h3-11,18H,2,12-14H2,1H3,(H,22,26)/t18-/m0/s1. The maximum absolute atomic E-state index is 12.4. The van der Waals surface area contributed by atoms with Crippen LogP contribution in [0.5, 0.6) is 0 Å². The summed E-state index contributed by atoms with van der Waals surface area (Å²) in [6.45, 7) is 2.53. The van der Waals surface area contributed by atoms with Crippen molar-refractivity contribution in [2.45, 2.75) is 30.0 Å². The lowest BCUT2D eigenvalue weighted by Crippen LogP contribution is -2.35. The lowest BCUT2D eigenvalue weighted by atomic mass is 10.2. The van der Waals surface area contributed by atoms with Crippen LogP contribution in [0.15, 0.2) is 59.5 Å². The Bertz CT molecular complexity index is 856. The molecule has 7 heteroatoms. The van der Waals surface area contributed by atoms with Crippen molar-refractivity contribution in [1.29, 1.82) is 0 Å². The highest BCUT2D eigenvalue weighted by Crippen LogP contribution is 2.36. The molecule has 1 atom stereocenters. The van der Waals surface area contributed by atoms with Gasteiger partial charge in [0.05, 0.1) is 17.4 Å². The molecular weight excluding hydrogens is 376 g/mol. The van der Waals surface area contributed by atoms with E-state index in [2.05, 4.69) is 5.32 Å². The fraction of sp³-hybridized carbons (Fsp3) is 0.286. The summed E-state index contributed by atoms with van der Waals surface area (Å²) in [7, 11) is 0. The smallest absolute Gasteiger partial charge is 0.307 e. The van der Waals surface area contributed by atoms with Crippen molar-refractivity contribution >= 4 is 35.2 Å². The molecule has 2 aromatic carbocycles. The zero-order chi connectivity index (χ0) is 19.9. The summed E-state index contributed by atoms with van der Waals surface area (Å²) in [6, 6.07) is 17.1. The number of anilines is 1. The number of ether oxygens (including phenoxy) is 1. The summed E-state index contributed by atoms with van der Waals surface area (Å²) < 4.78 is 5.14. The van der Waals surface area contributed by atoms with Gasteiger partial charge in [0, 0.05) is 18.0 Å². The van der Waals surface area contributed by atoms with Gasteiger partial charge < -0.3 is 15.0 Å². The Labute approximate surface area is 168 Å². The second kappa shape index (κ2) is 9.41. The molecule has 28 heavy (non-hydrogen) atoms. The molecule has 1 N–H and O–H groups in total. The van der Waals surface area contributed by atoms with E-state index in [-0.39, 0.29) is 24.8 Å². The summed E-state index contributed by atoms with van der Waals surface area (Å²) in [5, 5.41) is 2.23. The van der Waals surface area contributed by atoms with Crippen LogP contribution in [0.25, 0.3) is 0 Å². The first-order valence-electron chi connectivity index (χ1n) is 9.10. The molecule has 3 rings (SSSR count). The third kappa shape index (κ3) is 5.13. The Kier molecular flexibility index (Phi) is 6.71. The molecule has 0 unspecified atom stereocenters. The SMILES string of the molecule is CCN(Cc1ccccc1)C(=O)COC(=O)C[C@@H]1Sc2ccccc2NC1=O. The molecule has 1 aliphatic heterocycles. The number of nitrogens with one attached hydrogen (secondary N) is 1. The highest BCUT2D eigenvalue weighted by Gasteiger charge is 2.29. The van der Waals surface area contributed by atoms with Gasteiger partial charge in [0.2, 0.25) is 5.91 Å². The number of amides is 2. The van der Waals surface area contributed by atoms with E-state index in [1.165, 1.54) is 11.8 Å². The highest BCUT2D eigenvalue weighted by atomic mass is 32.2. The Morgan fingerprint density at radius 2 is 1.82 bits per heavy atom. The van der Waals surface area contributed by atoms with Gasteiger partial charge in [0.1, 0.15) is 0 Å². The molecule has 2 aromatic rings. The van der Waals surface area contributed by atoms with E-state index in [0.29, 0.717) is 13.1 Å². The molecule has 6 nitrogen and oxygen atoms in total. The summed E-state index contributed by atoms with van der Waals surface area (Å²) in [6.07, 6.45) is -0.0804. The van der Waals surface area contributed by atoms with Crippen LogP contribution in [0.4, 0.5) is 5.69 Å². The Balaban J connectivity index is 1.49. The number of para-hydroxylation sites is 1. The summed E-state index contributed by atoms with van der Waals surface area (Å²) in [4.78, 5) is 39.2. The molecule has 2 amide bonds. The van der Waals surface area contributed by atoms with Gasteiger partial charge in [-0.1, -0.05) is 42.5 Å². The minimum Gasteiger partial charge on any atom is -0.456 e. The van der Waals surface area contributed by atoms with Crippen LogP contribution in [0.3, 0.4) is 0 Å². The average molecular weight is 398 g/mol. The number of rotatable bonds is 7. The predicted molar refractivity (Wildman–Crippen MR) is 108 cm³/mol. The third-order valence-electron chi connectivity index (χ3n) is 4.37. The number of esters is 1. The molecule has 0 radical (unpaired) electrons. The van der Waals surface area contributed by atoms with Crippen LogP contribution in [0.1, 0.15) is 18.9 Å². The summed E-state index contributed by atoms with van der Waals surface area (Å²) >= 11 is 1.33. The van der Waals surface area contributed by atoms with Crippen LogP contribution in [0, 0.1) is 0 Å². The first-order valence-corrected chi connectivity index (χ1v) is 9.98. The quantitative estimate of drug-likeness (QED) is 0.726. The molecule has 0 spiro atoms. The molecule has 0 saturated carbocycles. The number of hydrogen-bond donors (Lipinski definition) is 1. The van der Waals surface area contributed by atoms with Gasteiger partial charge in [-0.2, -0.15) is 0 Å². The van der Waals surface area contributed by atoms with Gasteiger partial charge in [-0.05, 0) is 24.6 Å². The van der Waals surface area contributed by atoms with Crippen molar-refractivity contribution in [3.05, 3.63) is 60.2 Å². The van der Waals surface area contributed by atoms with Crippen molar-refractivity contribution < 1.29 is 19.1 Å². The molecule has 1 aliphatic rings. The minimum absolute atomic E-state index is 0.0804. The van der Waals surface area contributed by atoms with Gasteiger partial charge in [-0.25, -0.2) is 0 Å². The second-order valence-electron chi connectivity index (χ2n) is 6.35. The first-order chi connectivity index (χ1) is 13.6. The van der Waals surface area contributed by atoms with E-state index in [1.807, 2.05) is 61.5 Å². The van der Waals surface area contributed by atoms with E-state index in [0.717, 1.165) is 16.1 Å². The number of carbonyl (C=O) groups is 3. The van der Waals surface area contributed by atoms with E-state index in [9.17, 15) is 14.4 Å². The zero-order valence-electron chi connectivity index (χ0n) is 15.6. The maximum atomic E-state index is 12.4. The van der Waals surface area contributed by atoms with Crippen molar-refractivity contribution in [3.63, 3.8) is 0 Å². The number of thioether (sulfide) groups is 1. The van der Waals surface area contributed by atoms with Crippen molar-refractivity contribution in [2.75, 3.05) is 18.5 Å². The third-order valence-corrected chi connectivity index (χ3v) is 5.64. The minimum atomic E-state index is -0.566. The van der Waals surface area contributed by atoms with Crippen LogP contribution >= 0.6 is 11.8 Å². The molecule has 0 aromatic heterocycles. The van der Waals surface area contributed by atoms with Crippen molar-refractivity contribution in [1.82, 2.24) is 4.90 Å². The van der Waals surface area contributed by atoms with Crippen LogP contribution in [0.2, 0.25) is 0 Å². The molecule has 0 bridgehead atoms. The summed E-state index contributed by atoms with van der Waals surface area (Å²) in [5.74, 6) is -1.05. The highest BCUT2D eigenvalue weighted by molar-refractivity contribution is 8.01. The lowest BCUT2D eigenvalue weighted by Gasteiger charge is -2.24. The van der Waals surface area contributed by atoms with E-state index in [1.54, 1.807) is 4.90 Å². The number of likely N-dealkylation sites (N-methyl/N-ethyl adjacent to an activating group) is 1. The Morgan fingerprint density at radius 3 is 2.57 bits per heavy atom. The van der Waals surface area contributed by atoms with E-state index < -0.39 is 11.2 Å². The van der Waals surface area contributed by atoms with Crippen LogP contribution in [-0.2, 0) is 25.7 Å². The number of fused-ring (bicyclic) bond motifs is 1. The van der Waals surface area contributed by atoms with Gasteiger partial charge in [-0.15, -0.1) is 11.8 Å². The Morgan fingerprint density at radius 1 is 1.11 bits per heavy atom. The molecular formula is C21H22N2O4S. The summed E-state index contributed by atoms with van der Waals surface area (Å²) in [5.41, 5.74) is 1.76. The van der Waals surface area contributed by atoms with Gasteiger partial charge in [-0.3, -0.25) is 14.4 Å². The normalized spacial score (nSPS) is 15.3.